The molecule has 0 unspecified atom stereocenters. The highest BCUT2D eigenvalue weighted by molar-refractivity contribution is 5.91. The summed E-state index contributed by atoms with van der Waals surface area (Å²) in [5.74, 6) is -2.50. The lowest BCUT2D eigenvalue weighted by Gasteiger charge is -2.45. The zero-order valence-electron chi connectivity index (χ0n) is 14.2. The largest absolute Gasteiger partial charge is 0.355 e. The molecule has 0 spiro atoms. The molecule has 0 aromatic carbocycles. The van der Waals surface area contributed by atoms with Crippen molar-refractivity contribution in [2.45, 2.75) is 57.5 Å². The van der Waals surface area contributed by atoms with Crippen LogP contribution in [0, 0.1) is 13.8 Å². The van der Waals surface area contributed by atoms with Gasteiger partial charge in [-0.3, -0.25) is 4.79 Å². The molecule has 2 fully saturated rings. The van der Waals surface area contributed by atoms with E-state index in [1.54, 1.807) is 6.92 Å². The Morgan fingerprint density at radius 3 is 2.54 bits per heavy atom. The van der Waals surface area contributed by atoms with E-state index in [9.17, 15) is 13.6 Å². The first-order chi connectivity index (χ1) is 11.1. The molecular weight excluding hydrogens is 316 g/mol. The fraction of sp³-hybridized carbons (Fsp3) is 0.688. The maximum atomic E-state index is 13.1. The van der Waals surface area contributed by atoms with Gasteiger partial charge in [0.05, 0.1) is 0 Å². The van der Waals surface area contributed by atoms with E-state index in [0.29, 0.717) is 18.1 Å². The van der Waals surface area contributed by atoms with Crippen molar-refractivity contribution in [3.05, 3.63) is 17.1 Å². The number of amides is 1. The van der Waals surface area contributed by atoms with Crippen LogP contribution in [0.3, 0.4) is 0 Å². The van der Waals surface area contributed by atoms with Crippen LogP contribution >= 0.6 is 0 Å². The van der Waals surface area contributed by atoms with Gasteiger partial charge >= 0.3 is 0 Å². The second-order valence-corrected chi connectivity index (χ2v) is 7.30. The zero-order chi connectivity index (χ0) is 17.7. The molecule has 3 N–H and O–H groups in total. The molecular formula is C16H23F2N5O. The number of nitrogens with two attached hydrogens (primary N) is 1. The molecule has 1 atom stereocenters. The Hall–Kier alpha value is -1.83. The molecule has 1 aromatic heterocycles. The summed E-state index contributed by atoms with van der Waals surface area (Å²) >= 11 is 0. The first-order valence-corrected chi connectivity index (χ1v) is 8.15. The van der Waals surface area contributed by atoms with E-state index >= 15 is 0 Å². The van der Waals surface area contributed by atoms with Gasteiger partial charge in [0.25, 0.3) is 11.8 Å². The third-order valence-corrected chi connectivity index (χ3v) is 4.80. The van der Waals surface area contributed by atoms with Gasteiger partial charge in [-0.25, -0.2) is 18.7 Å². The van der Waals surface area contributed by atoms with E-state index in [1.807, 2.05) is 18.7 Å². The fourth-order valence-corrected chi connectivity index (χ4v) is 3.51. The van der Waals surface area contributed by atoms with Crippen molar-refractivity contribution in [3.63, 3.8) is 0 Å². The third-order valence-electron chi connectivity index (χ3n) is 4.80. The van der Waals surface area contributed by atoms with Crippen LogP contribution < -0.4 is 16.0 Å². The number of halogens is 2. The van der Waals surface area contributed by atoms with Crippen LogP contribution in [-0.4, -0.2) is 46.5 Å². The molecule has 132 valence electrons. The van der Waals surface area contributed by atoms with E-state index in [-0.39, 0.29) is 24.7 Å². The Bertz CT molecular complexity index is 671. The van der Waals surface area contributed by atoms with Gasteiger partial charge < -0.3 is 16.0 Å². The van der Waals surface area contributed by atoms with Crippen LogP contribution in [0.4, 0.5) is 14.6 Å². The predicted octanol–water partition coefficient (Wildman–Crippen LogP) is 1.55. The quantitative estimate of drug-likeness (QED) is 0.873. The molecule has 6 nitrogen and oxygen atoms in total. The Balaban J connectivity index is 1.81. The first-order valence-electron chi connectivity index (χ1n) is 8.15. The monoisotopic (exact) mass is 339 g/mol. The minimum atomic E-state index is -2.71. The van der Waals surface area contributed by atoms with Crippen LogP contribution in [0.15, 0.2) is 0 Å². The Kier molecular flexibility index (Phi) is 3.98. The second kappa shape index (κ2) is 5.61. The molecule has 1 amide bonds. The lowest BCUT2D eigenvalue weighted by Crippen LogP contribution is -2.60. The average Bonchev–Trinajstić information content (AvgIpc) is 2.85. The van der Waals surface area contributed by atoms with E-state index in [4.69, 9.17) is 5.73 Å². The van der Waals surface area contributed by atoms with Gasteiger partial charge in [-0.15, -0.1) is 0 Å². The van der Waals surface area contributed by atoms with Gasteiger partial charge in [-0.1, -0.05) is 0 Å². The smallest absolute Gasteiger partial charge is 0.289 e. The molecule has 0 radical (unpaired) electrons. The lowest BCUT2D eigenvalue weighted by molar-refractivity contribution is -0.124. The van der Waals surface area contributed by atoms with Crippen molar-refractivity contribution in [3.8, 4) is 0 Å². The number of hydrogen-bond donors (Lipinski definition) is 2. The van der Waals surface area contributed by atoms with Gasteiger partial charge in [0.1, 0.15) is 5.82 Å². The number of aromatic nitrogens is 2. The van der Waals surface area contributed by atoms with Gasteiger partial charge in [-0.05, 0) is 27.2 Å². The van der Waals surface area contributed by atoms with E-state index in [1.165, 1.54) is 0 Å². The van der Waals surface area contributed by atoms with Crippen LogP contribution in [-0.2, 0) is 0 Å². The molecule has 0 bridgehead atoms. The maximum Gasteiger partial charge on any atom is 0.289 e. The van der Waals surface area contributed by atoms with Crippen molar-refractivity contribution in [1.29, 1.82) is 0 Å². The minimum Gasteiger partial charge on any atom is -0.355 e. The first kappa shape index (κ1) is 17.0. The molecule has 1 aliphatic carbocycles. The number of rotatable bonds is 3. The predicted molar refractivity (Wildman–Crippen MR) is 86.4 cm³/mol. The molecule has 2 aliphatic rings. The second-order valence-electron chi connectivity index (χ2n) is 7.30. The van der Waals surface area contributed by atoms with Gasteiger partial charge in [0.2, 0.25) is 5.82 Å². The Morgan fingerprint density at radius 2 is 2.00 bits per heavy atom. The third kappa shape index (κ3) is 3.19. The average molecular weight is 339 g/mol. The molecule has 2 heterocycles. The van der Waals surface area contributed by atoms with E-state index in [0.717, 1.165) is 18.5 Å². The summed E-state index contributed by atoms with van der Waals surface area (Å²) in [5, 5.41) is 2.65. The van der Waals surface area contributed by atoms with Crippen molar-refractivity contribution in [1.82, 2.24) is 15.3 Å². The SMILES string of the molecule is Cc1nc(C(=O)NC2(C)CC(F)(F)C2)nc(N2CC[C@@H](N)C2)c1C. The molecule has 1 aromatic rings. The van der Waals surface area contributed by atoms with Gasteiger partial charge in [-0.2, -0.15) is 0 Å². The molecule has 3 rings (SSSR count). The van der Waals surface area contributed by atoms with Crippen molar-refractivity contribution >= 4 is 11.7 Å². The lowest BCUT2D eigenvalue weighted by atomic mass is 9.75. The molecule has 8 heteroatoms. The number of nitrogens with zero attached hydrogens (tertiary/aromatic N) is 3. The molecule has 24 heavy (non-hydrogen) atoms. The maximum absolute atomic E-state index is 13.1. The minimum absolute atomic E-state index is 0.0185. The van der Waals surface area contributed by atoms with Crippen molar-refractivity contribution in [2.75, 3.05) is 18.0 Å². The van der Waals surface area contributed by atoms with Crippen LogP contribution in [0.5, 0.6) is 0 Å². The van der Waals surface area contributed by atoms with Crippen LogP contribution in [0.1, 0.15) is 48.1 Å². The zero-order valence-corrected chi connectivity index (χ0v) is 14.2. The number of anilines is 1. The highest BCUT2D eigenvalue weighted by Crippen LogP contribution is 2.45. The van der Waals surface area contributed by atoms with E-state index < -0.39 is 17.4 Å². The molecule has 1 saturated heterocycles. The number of alkyl halides is 2. The molecule has 1 saturated carbocycles. The van der Waals surface area contributed by atoms with Crippen molar-refractivity contribution < 1.29 is 13.6 Å². The van der Waals surface area contributed by atoms with E-state index in [2.05, 4.69) is 15.3 Å². The van der Waals surface area contributed by atoms with Crippen molar-refractivity contribution in [2.24, 2.45) is 5.73 Å². The highest BCUT2D eigenvalue weighted by atomic mass is 19.3. The summed E-state index contributed by atoms with van der Waals surface area (Å²) in [6, 6.07) is 0.0908. The summed E-state index contributed by atoms with van der Waals surface area (Å²) in [5.41, 5.74) is 6.65. The summed E-state index contributed by atoms with van der Waals surface area (Å²) in [7, 11) is 0. The normalized spacial score (nSPS) is 24.6. The number of carbonyl (C=O) groups is 1. The van der Waals surface area contributed by atoms with Crippen LogP contribution in [0.25, 0.3) is 0 Å². The van der Waals surface area contributed by atoms with Gasteiger partial charge in [0.15, 0.2) is 0 Å². The summed E-state index contributed by atoms with van der Waals surface area (Å²) in [4.78, 5) is 23.1. The fourth-order valence-electron chi connectivity index (χ4n) is 3.51. The summed E-state index contributed by atoms with van der Waals surface area (Å²) in [6.45, 7) is 6.80. The standard InChI is InChI=1S/C16H23F2N5O/c1-9-10(2)20-12(21-13(9)23-5-4-11(19)6-23)14(24)22-15(3)7-16(17,18)8-15/h11H,4-8,19H2,1-3H3,(H,22,24)/t11-/m1/s1. The number of hydrogen-bond acceptors (Lipinski definition) is 5. The highest BCUT2D eigenvalue weighted by Gasteiger charge is 2.54. The summed E-state index contributed by atoms with van der Waals surface area (Å²) in [6.07, 6.45) is 0.159. The molecule has 1 aliphatic heterocycles. The van der Waals surface area contributed by atoms with Crippen LogP contribution in [0.2, 0.25) is 0 Å². The Morgan fingerprint density at radius 1 is 1.33 bits per heavy atom. The number of nitrogens with one attached hydrogen (secondary N) is 1. The number of carbonyl (C=O) groups excluding carboxylic acids is 1. The number of aryl methyl sites for hydroxylation is 1. The summed E-state index contributed by atoms with van der Waals surface area (Å²) < 4.78 is 26.2. The van der Waals surface area contributed by atoms with Gasteiger partial charge in [0, 0.05) is 48.8 Å². The Labute approximate surface area is 139 Å². The topological polar surface area (TPSA) is 84.1 Å².